The van der Waals surface area contributed by atoms with Crippen LogP contribution in [0.15, 0.2) is 5.51 Å². The molecule has 2 unspecified atom stereocenters. The molecule has 0 fully saturated rings. The maximum atomic E-state index is 10.8. The topological polar surface area (TPSA) is 62.2 Å². The SMILES string of the molecule is CCC(C)C(C)Nc1scnc1C(=O)O. The average Bonchev–Trinajstić information content (AvgIpc) is 2.64. The van der Waals surface area contributed by atoms with Crippen LogP contribution in [0.2, 0.25) is 0 Å². The van der Waals surface area contributed by atoms with Gasteiger partial charge in [-0.25, -0.2) is 9.78 Å². The molecule has 0 bridgehead atoms. The zero-order chi connectivity index (χ0) is 11.4. The maximum Gasteiger partial charge on any atom is 0.357 e. The van der Waals surface area contributed by atoms with Crippen molar-refractivity contribution in [1.82, 2.24) is 4.98 Å². The smallest absolute Gasteiger partial charge is 0.357 e. The summed E-state index contributed by atoms with van der Waals surface area (Å²) in [6.45, 7) is 6.31. The highest BCUT2D eigenvalue weighted by molar-refractivity contribution is 7.14. The van der Waals surface area contributed by atoms with Gasteiger partial charge in [0.1, 0.15) is 5.00 Å². The van der Waals surface area contributed by atoms with Gasteiger partial charge in [-0.2, -0.15) is 0 Å². The van der Waals surface area contributed by atoms with Gasteiger partial charge in [0.15, 0.2) is 5.69 Å². The number of thiazole rings is 1. The second-order valence-electron chi connectivity index (χ2n) is 3.65. The molecule has 2 N–H and O–H groups in total. The Morgan fingerprint density at radius 2 is 2.33 bits per heavy atom. The molecular formula is C10H16N2O2S. The fourth-order valence-corrected chi connectivity index (χ4v) is 1.97. The molecule has 0 spiro atoms. The summed E-state index contributed by atoms with van der Waals surface area (Å²) in [6.07, 6.45) is 1.06. The van der Waals surface area contributed by atoms with Gasteiger partial charge in [0, 0.05) is 6.04 Å². The van der Waals surface area contributed by atoms with E-state index >= 15 is 0 Å². The molecule has 2 atom stereocenters. The van der Waals surface area contributed by atoms with Crippen LogP contribution in [-0.4, -0.2) is 22.1 Å². The Kier molecular flexibility index (Phi) is 4.08. The third-order valence-corrected chi connectivity index (χ3v) is 3.38. The van der Waals surface area contributed by atoms with E-state index in [-0.39, 0.29) is 11.7 Å². The molecule has 0 aliphatic heterocycles. The lowest BCUT2D eigenvalue weighted by atomic mass is 10.0. The van der Waals surface area contributed by atoms with Gasteiger partial charge in [0.05, 0.1) is 5.51 Å². The number of hydrogen-bond donors (Lipinski definition) is 2. The van der Waals surface area contributed by atoms with Crippen LogP contribution in [0.3, 0.4) is 0 Å². The van der Waals surface area contributed by atoms with Crippen LogP contribution < -0.4 is 5.32 Å². The van der Waals surface area contributed by atoms with Gasteiger partial charge >= 0.3 is 5.97 Å². The van der Waals surface area contributed by atoms with Crippen molar-refractivity contribution in [2.45, 2.75) is 33.2 Å². The first-order valence-electron chi connectivity index (χ1n) is 4.99. The van der Waals surface area contributed by atoms with Crippen LogP contribution in [0.5, 0.6) is 0 Å². The third-order valence-electron chi connectivity index (χ3n) is 2.63. The zero-order valence-electron chi connectivity index (χ0n) is 9.15. The zero-order valence-corrected chi connectivity index (χ0v) is 9.97. The molecule has 0 radical (unpaired) electrons. The van der Waals surface area contributed by atoms with Gasteiger partial charge < -0.3 is 10.4 Å². The number of carboxylic acids is 1. The van der Waals surface area contributed by atoms with Crippen LogP contribution in [0.4, 0.5) is 5.00 Å². The minimum atomic E-state index is -0.977. The lowest BCUT2D eigenvalue weighted by Gasteiger charge is -2.19. The molecule has 15 heavy (non-hydrogen) atoms. The minimum Gasteiger partial charge on any atom is -0.476 e. The van der Waals surface area contributed by atoms with Crippen molar-refractivity contribution in [1.29, 1.82) is 0 Å². The van der Waals surface area contributed by atoms with Gasteiger partial charge in [0.2, 0.25) is 0 Å². The molecule has 5 heteroatoms. The van der Waals surface area contributed by atoms with Crippen LogP contribution >= 0.6 is 11.3 Å². The minimum absolute atomic E-state index is 0.121. The van der Waals surface area contributed by atoms with E-state index < -0.39 is 5.97 Å². The van der Waals surface area contributed by atoms with Crippen LogP contribution in [0.1, 0.15) is 37.7 Å². The number of aromatic nitrogens is 1. The Labute approximate surface area is 93.4 Å². The number of rotatable bonds is 5. The number of carboxylic acid groups (broad SMARTS) is 1. The predicted molar refractivity (Wildman–Crippen MR) is 61.6 cm³/mol. The number of nitrogens with one attached hydrogen (secondary N) is 1. The second kappa shape index (κ2) is 5.11. The fraction of sp³-hybridized carbons (Fsp3) is 0.600. The largest absolute Gasteiger partial charge is 0.476 e. The summed E-state index contributed by atoms with van der Waals surface area (Å²) in [4.78, 5) is 14.6. The van der Waals surface area contributed by atoms with E-state index in [0.29, 0.717) is 10.9 Å². The van der Waals surface area contributed by atoms with E-state index in [1.165, 1.54) is 11.3 Å². The number of nitrogens with zero attached hydrogens (tertiary/aromatic N) is 1. The Balaban J connectivity index is 2.72. The first-order chi connectivity index (χ1) is 7.06. The fourth-order valence-electron chi connectivity index (χ4n) is 1.20. The van der Waals surface area contributed by atoms with Gasteiger partial charge in [-0.1, -0.05) is 20.3 Å². The number of anilines is 1. The number of hydrogen-bond acceptors (Lipinski definition) is 4. The van der Waals surface area contributed by atoms with Crippen molar-refractivity contribution in [3.05, 3.63) is 11.2 Å². The lowest BCUT2D eigenvalue weighted by Crippen LogP contribution is -2.23. The molecule has 84 valence electrons. The molecule has 0 aromatic carbocycles. The summed E-state index contributed by atoms with van der Waals surface area (Å²) < 4.78 is 0. The average molecular weight is 228 g/mol. The highest BCUT2D eigenvalue weighted by atomic mass is 32.1. The van der Waals surface area contributed by atoms with E-state index in [4.69, 9.17) is 5.11 Å². The van der Waals surface area contributed by atoms with Crippen molar-refractivity contribution >= 4 is 22.3 Å². The van der Waals surface area contributed by atoms with E-state index in [1.807, 2.05) is 0 Å². The van der Waals surface area contributed by atoms with E-state index in [2.05, 4.69) is 31.1 Å². The first kappa shape index (κ1) is 12.0. The number of carbonyl (C=O) groups is 1. The van der Waals surface area contributed by atoms with E-state index in [9.17, 15) is 4.79 Å². The van der Waals surface area contributed by atoms with Crippen LogP contribution in [-0.2, 0) is 0 Å². The molecule has 0 saturated heterocycles. The standard InChI is InChI=1S/C10H16N2O2S/c1-4-6(2)7(3)12-9-8(10(13)14)11-5-15-9/h5-7,12H,4H2,1-3H3,(H,13,14). The molecule has 1 aromatic rings. The molecular weight excluding hydrogens is 212 g/mol. The molecule has 4 nitrogen and oxygen atoms in total. The maximum absolute atomic E-state index is 10.8. The quantitative estimate of drug-likeness (QED) is 0.813. The Morgan fingerprint density at radius 3 is 2.87 bits per heavy atom. The summed E-state index contributed by atoms with van der Waals surface area (Å²) in [5.41, 5.74) is 1.67. The van der Waals surface area contributed by atoms with Crippen molar-refractivity contribution in [2.75, 3.05) is 5.32 Å². The third kappa shape index (κ3) is 2.92. The van der Waals surface area contributed by atoms with Gasteiger partial charge in [-0.15, -0.1) is 11.3 Å². The second-order valence-corrected chi connectivity index (χ2v) is 4.51. The summed E-state index contributed by atoms with van der Waals surface area (Å²) in [6, 6.07) is 0.258. The van der Waals surface area contributed by atoms with Crippen molar-refractivity contribution < 1.29 is 9.90 Å². The molecule has 0 saturated carbocycles. The van der Waals surface area contributed by atoms with Crippen LogP contribution in [0.25, 0.3) is 0 Å². The van der Waals surface area contributed by atoms with Gasteiger partial charge in [-0.3, -0.25) is 0 Å². The summed E-state index contributed by atoms with van der Waals surface area (Å²) in [7, 11) is 0. The summed E-state index contributed by atoms with van der Waals surface area (Å²) in [5, 5.41) is 12.7. The molecule has 1 heterocycles. The molecule has 1 aromatic heterocycles. The predicted octanol–water partition coefficient (Wildman–Crippen LogP) is 2.69. The summed E-state index contributed by atoms with van der Waals surface area (Å²) in [5.74, 6) is -0.469. The normalized spacial score (nSPS) is 14.6. The first-order valence-corrected chi connectivity index (χ1v) is 5.87. The number of aromatic carboxylic acids is 1. The highest BCUT2D eigenvalue weighted by Gasteiger charge is 2.17. The summed E-state index contributed by atoms with van der Waals surface area (Å²) >= 11 is 1.33. The molecule has 0 aliphatic carbocycles. The molecule has 0 aliphatic rings. The van der Waals surface area contributed by atoms with Crippen molar-refractivity contribution in [3.8, 4) is 0 Å². The van der Waals surface area contributed by atoms with Crippen LogP contribution in [0, 0.1) is 5.92 Å². The lowest BCUT2D eigenvalue weighted by molar-refractivity contribution is 0.0692. The highest BCUT2D eigenvalue weighted by Crippen LogP contribution is 2.23. The molecule has 0 amide bonds. The van der Waals surface area contributed by atoms with Gasteiger partial charge in [0.25, 0.3) is 0 Å². The van der Waals surface area contributed by atoms with E-state index in [0.717, 1.165) is 6.42 Å². The Bertz CT molecular complexity index is 338. The van der Waals surface area contributed by atoms with E-state index in [1.54, 1.807) is 5.51 Å². The van der Waals surface area contributed by atoms with Gasteiger partial charge in [-0.05, 0) is 12.8 Å². The monoisotopic (exact) mass is 228 g/mol. The Hall–Kier alpha value is -1.10. The van der Waals surface area contributed by atoms with Crippen molar-refractivity contribution in [3.63, 3.8) is 0 Å². The van der Waals surface area contributed by atoms with Crippen molar-refractivity contribution in [2.24, 2.45) is 5.92 Å². The molecule has 1 rings (SSSR count). The Morgan fingerprint density at radius 1 is 1.67 bits per heavy atom.